The number of hydrogen-bond donors (Lipinski definition) is 0. The highest BCUT2D eigenvalue weighted by molar-refractivity contribution is 7.88. The molecule has 0 saturated carbocycles. The molecule has 0 atom stereocenters. The van der Waals surface area contributed by atoms with E-state index in [0.29, 0.717) is 12.8 Å². The second-order valence-corrected chi connectivity index (χ2v) is 5.95. The van der Waals surface area contributed by atoms with Crippen molar-refractivity contribution in [3.63, 3.8) is 0 Å². The van der Waals surface area contributed by atoms with Gasteiger partial charge in [-0.3, -0.25) is 0 Å². The lowest BCUT2D eigenvalue weighted by Gasteiger charge is -2.10. The summed E-state index contributed by atoms with van der Waals surface area (Å²) in [4.78, 5) is 10.7. The zero-order valence-electron chi connectivity index (χ0n) is 11.5. The van der Waals surface area contributed by atoms with E-state index in [9.17, 15) is 25.9 Å². The van der Waals surface area contributed by atoms with Crippen molar-refractivity contribution in [1.29, 1.82) is 0 Å². The third-order valence-electron chi connectivity index (χ3n) is 2.77. The first-order valence-corrected chi connectivity index (χ1v) is 8.11. The van der Waals surface area contributed by atoms with Gasteiger partial charge in [-0.1, -0.05) is 55.8 Å². The van der Waals surface area contributed by atoms with E-state index in [-0.39, 0.29) is 6.61 Å². The van der Waals surface area contributed by atoms with E-state index in [2.05, 4.69) is 11.7 Å². The van der Waals surface area contributed by atoms with Crippen LogP contribution in [0, 0.1) is 0 Å². The molecule has 0 amide bonds. The van der Waals surface area contributed by atoms with Crippen LogP contribution in [0.4, 0.5) is 12.7 Å². The summed E-state index contributed by atoms with van der Waals surface area (Å²) >= 11 is 0. The first-order chi connectivity index (χ1) is 9.23. The normalized spacial score (nSPS) is 12.4. The summed E-state index contributed by atoms with van der Waals surface area (Å²) in [6.07, 6.45) is 7.54. The van der Waals surface area contributed by atoms with Gasteiger partial charge < -0.3 is 4.74 Å². The van der Waals surface area contributed by atoms with E-state index >= 15 is 0 Å². The number of alkyl halides is 2. The quantitative estimate of drug-likeness (QED) is 0.332. The number of hydrogen-bond acceptors (Lipinski definition) is 4. The maximum Gasteiger partial charge on any atom is 0.470 e. The first-order valence-electron chi connectivity index (χ1n) is 6.72. The van der Waals surface area contributed by atoms with Gasteiger partial charge in [-0.2, -0.15) is 17.2 Å². The molecule has 4 nitrogen and oxygen atoms in total. The molecule has 0 rings (SSSR count). The minimum atomic E-state index is -6.27. The molecule has 0 radical (unpaired) electrons. The first kappa shape index (κ1) is 19.2. The van der Waals surface area contributed by atoms with Gasteiger partial charge >= 0.3 is 21.4 Å². The van der Waals surface area contributed by atoms with Crippen LogP contribution in [-0.2, 0) is 19.8 Å². The SMILES string of the molecule is CCCCCCCCCCOC(=O)C(F)(F)S(=O)(=O)F. The van der Waals surface area contributed by atoms with E-state index < -0.39 is 21.4 Å². The summed E-state index contributed by atoms with van der Waals surface area (Å²) < 4.78 is 61.5. The fourth-order valence-electron chi connectivity index (χ4n) is 1.58. The smallest absolute Gasteiger partial charge is 0.460 e. The Labute approximate surface area is 117 Å². The average Bonchev–Trinajstić information content (AvgIpc) is 2.35. The van der Waals surface area contributed by atoms with Crippen LogP contribution in [0.1, 0.15) is 58.3 Å². The molecule has 0 spiro atoms. The Bertz CT molecular complexity index is 382. The van der Waals surface area contributed by atoms with Crippen molar-refractivity contribution in [2.24, 2.45) is 0 Å². The lowest BCUT2D eigenvalue weighted by molar-refractivity contribution is -0.161. The third-order valence-corrected chi connectivity index (χ3v) is 3.55. The van der Waals surface area contributed by atoms with Gasteiger partial charge in [0.05, 0.1) is 6.61 Å². The molecule has 0 unspecified atom stereocenters. The molecule has 0 bridgehead atoms. The van der Waals surface area contributed by atoms with Crippen LogP contribution in [0.2, 0.25) is 0 Å². The predicted octanol–water partition coefficient (Wildman–Crippen LogP) is 3.56. The van der Waals surface area contributed by atoms with Crippen LogP contribution in [-0.4, -0.2) is 26.2 Å². The van der Waals surface area contributed by atoms with Crippen molar-refractivity contribution >= 4 is 16.2 Å². The number of carbonyl (C=O) groups excluding carboxylic acids is 1. The molecule has 0 aromatic carbocycles. The highest BCUT2D eigenvalue weighted by Crippen LogP contribution is 2.25. The van der Waals surface area contributed by atoms with E-state index in [1.54, 1.807) is 0 Å². The van der Waals surface area contributed by atoms with Crippen molar-refractivity contribution in [1.82, 2.24) is 0 Å². The fourth-order valence-corrected chi connectivity index (χ4v) is 1.84. The van der Waals surface area contributed by atoms with Crippen LogP contribution in [0.3, 0.4) is 0 Å². The van der Waals surface area contributed by atoms with Gasteiger partial charge in [0, 0.05) is 0 Å². The lowest BCUT2D eigenvalue weighted by Crippen LogP contribution is -2.37. The second kappa shape index (κ2) is 9.20. The number of unbranched alkanes of at least 4 members (excludes halogenated alkanes) is 7. The van der Waals surface area contributed by atoms with Crippen molar-refractivity contribution < 1.29 is 30.6 Å². The number of ether oxygens (including phenoxy) is 1. The van der Waals surface area contributed by atoms with E-state index in [1.165, 1.54) is 6.42 Å². The van der Waals surface area contributed by atoms with Gasteiger partial charge in [0.1, 0.15) is 0 Å². The zero-order chi connectivity index (χ0) is 15.6. The number of carbonyl (C=O) groups is 1. The summed E-state index contributed by atoms with van der Waals surface area (Å²) in [6, 6.07) is 0. The van der Waals surface area contributed by atoms with Crippen molar-refractivity contribution in [3.8, 4) is 0 Å². The maximum absolute atomic E-state index is 12.6. The predicted molar refractivity (Wildman–Crippen MR) is 68.5 cm³/mol. The number of rotatable bonds is 11. The fraction of sp³-hybridized carbons (Fsp3) is 0.917. The Hall–Kier alpha value is -0.790. The molecule has 0 heterocycles. The summed E-state index contributed by atoms with van der Waals surface area (Å²) in [5, 5.41) is -5.12. The average molecular weight is 318 g/mol. The molecule has 120 valence electrons. The van der Waals surface area contributed by atoms with Gasteiger partial charge in [-0.15, -0.1) is 0 Å². The lowest BCUT2D eigenvalue weighted by atomic mass is 10.1. The highest BCUT2D eigenvalue weighted by atomic mass is 32.3. The number of halogens is 3. The number of esters is 1. The molecule has 0 aromatic rings. The van der Waals surface area contributed by atoms with Crippen LogP contribution in [0.15, 0.2) is 0 Å². The highest BCUT2D eigenvalue weighted by Gasteiger charge is 2.55. The Kier molecular flexibility index (Phi) is 8.84. The topological polar surface area (TPSA) is 60.4 Å². The summed E-state index contributed by atoms with van der Waals surface area (Å²) in [5.41, 5.74) is 0. The molecule has 0 aliphatic rings. The van der Waals surface area contributed by atoms with Crippen LogP contribution in [0.25, 0.3) is 0 Å². The largest absolute Gasteiger partial charge is 0.470 e. The van der Waals surface area contributed by atoms with Crippen molar-refractivity contribution in [2.75, 3.05) is 6.61 Å². The molecule has 0 aliphatic carbocycles. The van der Waals surface area contributed by atoms with E-state index in [4.69, 9.17) is 0 Å². The maximum atomic E-state index is 12.6. The van der Waals surface area contributed by atoms with Gasteiger partial charge in [0.2, 0.25) is 0 Å². The summed E-state index contributed by atoms with van der Waals surface area (Å²) in [7, 11) is -6.27. The summed E-state index contributed by atoms with van der Waals surface area (Å²) in [6.45, 7) is 1.78. The van der Waals surface area contributed by atoms with Crippen molar-refractivity contribution in [3.05, 3.63) is 0 Å². The molecule has 8 heteroatoms. The molecule has 0 fully saturated rings. The van der Waals surface area contributed by atoms with Gasteiger partial charge in [0.25, 0.3) is 0 Å². The minimum Gasteiger partial charge on any atom is -0.460 e. The molecule has 0 N–H and O–H groups in total. The molecule has 0 aliphatic heterocycles. The van der Waals surface area contributed by atoms with Crippen LogP contribution >= 0.6 is 0 Å². The molecular weight excluding hydrogens is 297 g/mol. The molecule has 0 aromatic heterocycles. The Morgan fingerprint density at radius 3 is 1.90 bits per heavy atom. The minimum absolute atomic E-state index is 0.334. The van der Waals surface area contributed by atoms with Gasteiger partial charge in [0.15, 0.2) is 0 Å². The Morgan fingerprint density at radius 2 is 1.45 bits per heavy atom. The Morgan fingerprint density at radius 1 is 1.00 bits per heavy atom. The van der Waals surface area contributed by atoms with E-state index in [1.807, 2.05) is 0 Å². The van der Waals surface area contributed by atoms with Crippen LogP contribution < -0.4 is 0 Å². The van der Waals surface area contributed by atoms with Crippen LogP contribution in [0.5, 0.6) is 0 Å². The van der Waals surface area contributed by atoms with Gasteiger partial charge in [-0.25, -0.2) is 4.79 Å². The van der Waals surface area contributed by atoms with Gasteiger partial charge in [-0.05, 0) is 6.42 Å². The second-order valence-electron chi connectivity index (χ2n) is 4.57. The molecule has 20 heavy (non-hydrogen) atoms. The summed E-state index contributed by atoms with van der Waals surface area (Å²) in [5.74, 6) is -2.36. The molecular formula is C12H21F3O4S. The Balaban J connectivity index is 3.69. The third kappa shape index (κ3) is 7.12. The molecule has 0 saturated heterocycles. The zero-order valence-corrected chi connectivity index (χ0v) is 12.4. The standard InChI is InChI=1S/C12H21F3O4S/c1-2-3-4-5-6-7-8-9-10-19-11(16)12(13,14)20(15,17)18/h2-10H2,1H3. The monoisotopic (exact) mass is 318 g/mol. The van der Waals surface area contributed by atoms with Crippen molar-refractivity contribution in [2.45, 2.75) is 63.5 Å². The van der Waals surface area contributed by atoms with E-state index in [0.717, 1.165) is 32.1 Å².